The molecule has 212 valence electrons. The predicted octanol–water partition coefficient (Wildman–Crippen LogP) is 7.06. The first-order valence-corrected chi connectivity index (χ1v) is 13.9. The fourth-order valence-corrected chi connectivity index (χ4v) is 6.32. The number of carboxylic acid groups (broad SMARTS) is 1. The summed E-state index contributed by atoms with van der Waals surface area (Å²) in [6, 6.07) is 6.60. The largest absolute Gasteiger partial charge is 0.580 e. The molecule has 0 aromatic heterocycles. The Morgan fingerprint density at radius 2 is 1.70 bits per heavy atom. The minimum absolute atomic E-state index is 0.137. The second-order valence-electron chi connectivity index (χ2n) is 12.1. The molecule has 0 bridgehead atoms. The molecule has 2 aliphatic heterocycles. The maximum atomic E-state index is 16.3. The van der Waals surface area contributed by atoms with E-state index in [1.54, 1.807) is 12.1 Å². The van der Waals surface area contributed by atoms with E-state index in [-0.39, 0.29) is 18.0 Å². The molecule has 0 spiro atoms. The van der Waals surface area contributed by atoms with Gasteiger partial charge in [-0.25, -0.2) is 4.39 Å². The third-order valence-corrected chi connectivity index (χ3v) is 8.05. The van der Waals surface area contributed by atoms with E-state index in [9.17, 15) is 14.3 Å². The standard InChI is InChI=1S/C33H37F2NO4/c1-18-24(14-27(37)38)28(20(3)26-17-36(16-25(18)26)15-21-9-7-10-22(34)13-21)29-19(2)23-11-8-12-39-31(23)30(35)32(29)40-33(4,5)6/h7,9-10,13H,8,11-12,14-17H2,1-6H3,(H,37,38)/p+1. The summed E-state index contributed by atoms with van der Waals surface area (Å²) in [7, 11) is 0. The lowest BCUT2D eigenvalue weighted by Gasteiger charge is -2.29. The van der Waals surface area contributed by atoms with Gasteiger partial charge in [-0.3, -0.25) is 9.69 Å². The first kappa shape index (κ1) is 28.1. The molecule has 3 aromatic carbocycles. The number of hydrogen-bond donors (Lipinski definition) is 1. The van der Waals surface area contributed by atoms with E-state index in [0.717, 1.165) is 50.9 Å². The smallest absolute Gasteiger partial charge is 0.307 e. The van der Waals surface area contributed by atoms with Crippen molar-refractivity contribution in [2.45, 2.75) is 86.0 Å². The van der Waals surface area contributed by atoms with Gasteiger partial charge in [0.25, 0.3) is 11.6 Å². The Kier molecular flexibility index (Phi) is 7.38. The lowest BCUT2D eigenvalue weighted by Crippen LogP contribution is -2.25. The van der Waals surface area contributed by atoms with Gasteiger partial charge in [0, 0.05) is 31.6 Å². The molecule has 7 heteroatoms. The number of aromatic hydroxyl groups is 1. The fraction of sp³-hybridized carbons (Fsp3) is 0.424. The van der Waals surface area contributed by atoms with Gasteiger partial charge in [0.05, 0.1) is 12.0 Å². The van der Waals surface area contributed by atoms with Crippen molar-refractivity contribution < 1.29 is 28.2 Å². The number of ether oxygens (including phenoxy) is 2. The fourth-order valence-electron chi connectivity index (χ4n) is 6.32. The van der Waals surface area contributed by atoms with Crippen LogP contribution in [0.25, 0.3) is 11.1 Å². The normalized spacial score (nSPS) is 15.0. The summed E-state index contributed by atoms with van der Waals surface area (Å²) in [4.78, 5) is 14.4. The summed E-state index contributed by atoms with van der Waals surface area (Å²) >= 11 is 0. The molecule has 0 amide bonds. The van der Waals surface area contributed by atoms with Crippen LogP contribution in [0.1, 0.15) is 71.7 Å². The summed E-state index contributed by atoms with van der Waals surface area (Å²) in [5.74, 6) is -1.18. The molecule has 5 rings (SSSR count). The van der Waals surface area contributed by atoms with Crippen LogP contribution in [0, 0.1) is 32.4 Å². The van der Waals surface area contributed by atoms with E-state index in [2.05, 4.69) is 9.64 Å². The van der Waals surface area contributed by atoms with Crippen molar-refractivity contribution in [2.75, 3.05) is 6.61 Å². The minimum Gasteiger partial charge on any atom is -0.580 e. The summed E-state index contributed by atoms with van der Waals surface area (Å²) in [6.45, 7) is 14.0. The highest BCUT2D eigenvalue weighted by molar-refractivity contribution is 5.87. The molecule has 0 radical (unpaired) electrons. The molecule has 2 heterocycles. The van der Waals surface area contributed by atoms with Crippen LogP contribution >= 0.6 is 0 Å². The van der Waals surface area contributed by atoms with Crippen LogP contribution in [0.2, 0.25) is 0 Å². The number of carboxylic acids is 1. The summed E-state index contributed by atoms with van der Waals surface area (Å²) in [5.41, 5.74) is 8.07. The van der Waals surface area contributed by atoms with Gasteiger partial charge in [-0.15, -0.1) is 0 Å². The number of rotatable bonds is 6. The molecule has 0 saturated carbocycles. The number of aliphatic carboxylic acids is 1. The van der Waals surface area contributed by atoms with Gasteiger partial charge in [-0.05, 0) is 105 Å². The summed E-state index contributed by atoms with van der Waals surface area (Å²) in [6.07, 6.45) is 1.37. The first-order chi connectivity index (χ1) is 18.9. The SMILES string of the molecule is Cc1c2c(c(C)c(-c3c(C)c4c(c(F)c3OC(C)(C)C)[OH+]CCC4)c1CC(=O)O)CN(Cc1cccc(F)c1)C2. The van der Waals surface area contributed by atoms with Crippen molar-refractivity contribution in [2.24, 2.45) is 0 Å². The number of fused-ring (bicyclic) bond motifs is 2. The second kappa shape index (κ2) is 10.5. The molecule has 0 saturated heterocycles. The van der Waals surface area contributed by atoms with E-state index in [0.29, 0.717) is 49.5 Å². The molecule has 0 unspecified atom stereocenters. The molecule has 0 fully saturated rings. The monoisotopic (exact) mass is 550 g/mol. The zero-order chi connectivity index (χ0) is 28.9. The van der Waals surface area contributed by atoms with Crippen LogP contribution in [0.5, 0.6) is 11.5 Å². The highest BCUT2D eigenvalue weighted by Crippen LogP contribution is 2.50. The molecular weight excluding hydrogens is 512 g/mol. The Morgan fingerprint density at radius 3 is 2.35 bits per heavy atom. The second-order valence-corrected chi connectivity index (χ2v) is 12.1. The molecule has 0 atom stereocenters. The number of aliphatic hydroxyl groups is 1. The van der Waals surface area contributed by atoms with Crippen molar-refractivity contribution in [1.29, 1.82) is 0 Å². The molecule has 0 aliphatic carbocycles. The van der Waals surface area contributed by atoms with Crippen molar-refractivity contribution in [1.82, 2.24) is 4.90 Å². The zero-order valence-electron chi connectivity index (χ0n) is 24.2. The Hall–Kier alpha value is -3.45. The van der Waals surface area contributed by atoms with Gasteiger partial charge in [0.15, 0.2) is 12.4 Å². The molecule has 3 aromatic rings. The lowest BCUT2D eigenvalue weighted by molar-refractivity contribution is -0.136. The maximum absolute atomic E-state index is 16.3. The summed E-state index contributed by atoms with van der Waals surface area (Å²) in [5, 5.41) is 9.98. The lowest BCUT2D eigenvalue weighted by atomic mass is 9.81. The van der Waals surface area contributed by atoms with Gasteiger partial charge in [0.2, 0.25) is 0 Å². The topological polar surface area (TPSA) is 62.6 Å². The molecular formula is C33H38F2NO4+. The first-order valence-electron chi connectivity index (χ1n) is 13.9. The van der Waals surface area contributed by atoms with Crippen molar-refractivity contribution in [3.05, 3.63) is 80.4 Å². The van der Waals surface area contributed by atoms with E-state index in [1.807, 2.05) is 47.6 Å². The van der Waals surface area contributed by atoms with Gasteiger partial charge in [-0.1, -0.05) is 12.1 Å². The number of carbonyl (C=O) groups is 1. The highest BCUT2D eigenvalue weighted by Gasteiger charge is 2.36. The van der Waals surface area contributed by atoms with Crippen molar-refractivity contribution >= 4 is 5.97 Å². The average Bonchev–Trinajstić information content (AvgIpc) is 3.30. The van der Waals surface area contributed by atoms with Crippen LogP contribution in [-0.2, 0) is 37.3 Å². The van der Waals surface area contributed by atoms with Gasteiger partial charge in [0.1, 0.15) is 11.4 Å². The quantitative estimate of drug-likeness (QED) is 0.334. The van der Waals surface area contributed by atoms with Gasteiger partial charge in [-0.2, -0.15) is 4.39 Å². The maximum Gasteiger partial charge on any atom is 0.307 e. The third kappa shape index (κ3) is 5.19. The number of nitrogens with zero attached hydrogens (tertiary/aromatic N) is 1. The zero-order valence-corrected chi connectivity index (χ0v) is 24.2. The Bertz CT molecular complexity index is 1510. The van der Waals surface area contributed by atoms with Crippen LogP contribution in [-0.4, -0.2) is 32.9 Å². The predicted molar refractivity (Wildman–Crippen MR) is 152 cm³/mol. The number of halogens is 2. The van der Waals surface area contributed by atoms with Crippen LogP contribution in [0.4, 0.5) is 8.78 Å². The third-order valence-electron chi connectivity index (χ3n) is 8.05. The van der Waals surface area contributed by atoms with E-state index in [1.165, 1.54) is 6.07 Å². The summed E-state index contributed by atoms with van der Waals surface area (Å²) < 4.78 is 41.0. The van der Waals surface area contributed by atoms with E-state index in [4.69, 9.17) is 4.74 Å². The Morgan fingerprint density at radius 1 is 1.02 bits per heavy atom. The van der Waals surface area contributed by atoms with E-state index >= 15 is 4.39 Å². The number of benzene rings is 3. The molecule has 2 aliphatic rings. The Balaban J connectivity index is 1.73. The minimum atomic E-state index is -0.942. The van der Waals surface area contributed by atoms with Gasteiger partial charge >= 0.3 is 5.97 Å². The highest BCUT2D eigenvalue weighted by atomic mass is 19.1. The number of hydrogen-bond acceptors (Lipinski definition) is 3. The van der Waals surface area contributed by atoms with Crippen LogP contribution in [0.15, 0.2) is 24.3 Å². The average molecular weight is 551 g/mol. The van der Waals surface area contributed by atoms with Crippen LogP contribution in [0.3, 0.4) is 0 Å². The van der Waals surface area contributed by atoms with Gasteiger partial charge < -0.3 is 14.6 Å². The van der Waals surface area contributed by atoms with Crippen molar-refractivity contribution in [3.8, 4) is 22.6 Å². The van der Waals surface area contributed by atoms with Crippen LogP contribution < -0.4 is 4.74 Å². The van der Waals surface area contributed by atoms with E-state index < -0.39 is 17.4 Å². The Labute approximate surface area is 234 Å². The van der Waals surface area contributed by atoms with Crippen molar-refractivity contribution in [3.63, 3.8) is 0 Å². The molecule has 2 N–H and O–H groups in total. The molecule has 5 nitrogen and oxygen atoms in total. The molecule has 40 heavy (non-hydrogen) atoms.